The molecule has 0 radical (unpaired) electrons. The smallest absolute Gasteiger partial charge is 0.0152 e. The largest absolute Gasteiger partial charge is 0.0622 e. The van der Waals surface area contributed by atoms with Gasteiger partial charge in [0.1, 0.15) is 0 Å². The molecule has 0 amide bonds. The van der Waals surface area contributed by atoms with E-state index in [0.717, 1.165) is 0 Å². The van der Waals surface area contributed by atoms with Gasteiger partial charge in [0.2, 0.25) is 0 Å². The van der Waals surface area contributed by atoms with Gasteiger partial charge in [-0.1, -0.05) is 151 Å². The second kappa shape index (κ2) is 8.67. The quantitative estimate of drug-likeness (QED) is 0.286. The van der Waals surface area contributed by atoms with Crippen molar-refractivity contribution in [3.8, 4) is 0 Å². The zero-order chi connectivity index (χ0) is 23.7. The van der Waals surface area contributed by atoms with E-state index in [1.165, 1.54) is 33.4 Å². The lowest BCUT2D eigenvalue weighted by molar-refractivity contribution is 0.544. The van der Waals surface area contributed by atoms with Crippen LogP contribution in [0.3, 0.4) is 0 Å². The first-order chi connectivity index (χ1) is 15.7. The molecule has 4 aromatic rings. The minimum atomic E-state index is -0.161. The van der Waals surface area contributed by atoms with Gasteiger partial charge in [-0.05, 0) is 33.4 Å². The van der Waals surface area contributed by atoms with E-state index in [-0.39, 0.29) is 16.2 Å². The molecule has 0 saturated carbocycles. The van der Waals surface area contributed by atoms with Crippen LogP contribution in [0.2, 0.25) is 0 Å². The summed E-state index contributed by atoms with van der Waals surface area (Å²) in [4.78, 5) is 0. The SMILES string of the molecule is CC(C)(c1ccccc1)c1cccc(C(C)(C)c2ccccc2)c1C(C)(C)c1ccccc1. The summed E-state index contributed by atoms with van der Waals surface area (Å²) < 4.78 is 0. The summed E-state index contributed by atoms with van der Waals surface area (Å²) in [5.41, 5.74) is 7.80. The molecular formula is C33H36. The molecule has 0 aromatic heterocycles. The summed E-state index contributed by atoms with van der Waals surface area (Å²) in [5.74, 6) is 0. The van der Waals surface area contributed by atoms with E-state index in [2.05, 4.69) is 151 Å². The molecule has 0 aliphatic rings. The van der Waals surface area contributed by atoms with Gasteiger partial charge in [-0.15, -0.1) is 0 Å². The summed E-state index contributed by atoms with van der Waals surface area (Å²) in [6.45, 7) is 14.2. The molecule has 0 aliphatic carbocycles. The molecule has 0 atom stereocenters. The lowest BCUT2D eigenvalue weighted by Gasteiger charge is -2.41. The lowest BCUT2D eigenvalue weighted by atomic mass is 9.63. The van der Waals surface area contributed by atoms with Crippen molar-refractivity contribution >= 4 is 0 Å². The Hall–Kier alpha value is -3.12. The standard InChI is InChI=1S/C33H36/c1-31(2,25-17-10-7-11-18-25)28-23-16-24-29(32(3,4)26-19-12-8-13-20-26)30(28)33(5,6)27-21-14-9-15-22-27/h7-24H,1-6H3. The maximum Gasteiger partial charge on any atom is 0.0152 e. The van der Waals surface area contributed by atoms with Crippen molar-refractivity contribution in [2.24, 2.45) is 0 Å². The molecule has 0 N–H and O–H groups in total. The maximum absolute atomic E-state index is 2.38. The van der Waals surface area contributed by atoms with Crippen molar-refractivity contribution < 1.29 is 0 Å². The minimum absolute atomic E-state index is 0.134. The monoisotopic (exact) mass is 432 g/mol. The first-order valence-electron chi connectivity index (χ1n) is 12.0. The zero-order valence-electron chi connectivity index (χ0n) is 20.9. The normalized spacial score (nSPS) is 12.5. The molecule has 0 bridgehead atoms. The van der Waals surface area contributed by atoms with Crippen LogP contribution in [0.5, 0.6) is 0 Å². The Labute approximate surface area is 200 Å². The molecular weight excluding hydrogens is 396 g/mol. The molecule has 168 valence electrons. The molecule has 0 fully saturated rings. The molecule has 33 heavy (non-hydrogen) atoms. The van der Waals surface area contributed by atoms with Crippen LogP contribution < -0.4 is 0 Å². The highest BCUT2D eigenvalue weighted by Gasteiger charge is 2.38. The van der Waals surface area contributed by atoms with Crippen LogP contribution in [-0.2, 0) is 16.2 Å². The van der Waals surface area contributed by atoms with Gasteiger partial charge in [-0.3, -0.25) is 0 Å². The van der Waals surface area contributed by atoms with Crippen LogP contribution in [-0.4, -0.2) is 0 Å². The van der Waals surface area contributed by atoms with E-state index in [9.17, 15) is 0 Å². The van der Waals surface area contributed by atoms with Crippen LogP contribution in [0.25, 0.3) is 0 Å². The number of rotatable bonds is 6. The van der Waals surface area contributed by atoms with Crippen molar-refractivity contribution in [1.82, 2.24) is 0 Å². The molecule has 0 aliphatic heterocycles. The minimum Gasteiger partial charge on any atom is -0.0622 e. The topological polar surface area (TPSA) is 0 Å². The van der Waals surface area contributed by atoms with Crippen molar-refractivity contribution in [2.45, 2.75) is 57.8 Å². The molecule has 0 saturated heterocycles. The Kier molecular flexibility index (Phi) is 6.06. The van der Waals surface area contributed by atoms with Crippen molar-refractivity contribution in [3.05, 3.63) is 143 Å². The summed E-state index contributed by atoms with van der Waals surface area (Å²) in [6, 6.07) is 39.7. The van der Waals surface area contributed by atoms with Gasteiger partial charge in [0, 0.05) is 16.2 Å². The fraction of sp³-hybridized carbons (Fsp3) is 0.273. The van der Waals surface area contributed by atoms with Gasteiger partial charge in [0.15, 0.2) is 0 Å². The van der Waals surface area contributed by atoms with E-state index in [4.69, 9.17) is 0 Å². The Morgan fingerprint density at radius 2 is 0.636 bits per heavy atom. The highest BCUT2D eigenvalue weighted by Crippen LogP contribution is 2.47. The van der Waals surface area contributed by atoms with E-state index >= 15 is 0 Å². The van der Waals surface area contributed by atoms with Crippen LogP contribution in [0, 0.1) is 0 Å². The summed E-state index contributed by atoms with van der Waals surface area (Å²) >= 11 is 0. The van der Waals surface area contributed by atoms with Gasteiger partial charge in [0.05, 0.1) is 0 Å². The van der Waals surface area contributed by atoms with Gasteiger partial charge in [-0.2, -0.15) is 0 Å². The average Bonchev–Trinajstić information content (AvgIpc) is 2.85. The third-order valence-electron chi connectivity index (χ3n) is 7.52. The van der Waals surface area contributed by atoms with Crippen LogP contribution >= 0.6 is 0 Å². The highest BCUT2D eigenvalue weighted by atomic mass is 14.4. The molecule has 0 heteroatoms. The second-order valence-electron chi connectivity index (χ2n) is 10.7. The Morgan fingerprint density at radius 1 is 0.333 bits per heavy atom. The predicted octanol–water partition coefficient (Wildman–Crippen LogP) is 8.66. The Balaban J connectivity index is 2.04. The number of hydrogen-bond acceptors (Lipinski definition) is 0. The molecule has 0 heterocycles. The Morgan fingerprint density at radius 3 is 0.970 bits per heavy atom. The third-order valence-corrected chi connectivity index (χ3v) is 7.52. The van der Waals surface area contributed by atoms with Crippen LogP contribution in [0.1, 0.15) is 74.9 Å². The molecule has 4 rings (SSSR count). The zero-order valence-corrected chi connectivity index (χ0v) is 20.9. The third kappa shape index (κ3) is 4.15. The van der Waals surface area contributed by atoms with Gasteiger partial charge in [0.25, 0.3) is 0 Å². The first-order valence-corrected chi connectivity index (χ1v) is 12.0. The van der Waals surface area contributed by atoms with Crippen molar-refractivity contribution in [3.63, 3.8) is 0 Å². The summed E-state index contributed by atoms with van der Waals surface area (Å²) in [5, 5.41) is 0. The van der Waals surface area contributed by atoms with Gasteiger partial charge in [-0.25, -0.2) is 0 Å². The number of hydrogen-bond donors (Lipinski definition) is 0. The summed E-state index contributed by atoms with van der Waals surface area (Å²) in [6.07, 6.45) is 0. The average molecular weight is 433 g/mol. The van der Waals surface area contributed by atoms with Crippen LogP contribution in [0.4, 0.5) is 0 Å². The van der Waals surface area contributed by atoms with Gasteiger partial charge < -0.3 is 0 Å². The molecule has 0 unspecified atom stereocenters. The fourth-order valence-electron chi connectivity index (χ4n) is 5.29. The first kappa shape index (κ1) is 23.1. The molecule has 0 nitrogen and oxygen atoms in total. The fourth-order valence-corrected chi connectivity index (χ4v) is 5.29. The highest BCUT2D eigenvalue weighted by molar-refractivity contribution is 5.56. The van der Waals surface area contributed by atoms with E-state index in [1.807, 2.05) is 0 Å². The van der Waals surface area contributed by atoms with Crippen molar-refractivity contribution in [1.29, 1.82) is 0 Å². The lowest BCUT2D eigenvalue weighted by Crippen LogP contribution is -2.33. The van der Waals surface area contributed by atoms with Gasteiger partial charge >= 0.3 is 0 Å². The number of benzene rings is 4. The van der Waals surface area contributed by atoms with Crippen LogP contribution in [0.15, 0.2) is 109 Å². The van der Waals surface area contributed by atoms with Crippen molar-refractivity contribution in [2.75, 3.05) is 0 Å². The Bertz CT molecular complexity index is 1130. The van der Waals surface area contributed by atoms with E-state index in [0.29, 0.717) is 0 Å². The summed E-state index contributed by atoms with van der Waals surface area (Å²) in [7, 11) is 0. The second-order valence-corrected chi connectivity index (χ2v) is 10.7. The maximum atomic E-state index is 2.38. The molecule has 0 spiro atoms. The van der Waals surface area contributed by atoms with E-state index < -0.39 is 0 Å². The predicted molar refractivity (Wildman–Crippen MR) is 142 cm³/mol. The van der Waals surface area contributed by atoms with E-state index in [1.54, 1.807) is 0 Å². The molecule has 4 aromatic carbocycles.